The van der Waals surface area contributed by atoms with Crippen molar-refractivity contribution < 1.29 is 18.7 Å². The van der Waals surface area contributed by atoms with Crippen LogP contribution in [-0.4, -0.2) is 16.0 Å². The van der Waals surface area contributed by atoms with Crippen LogP contribution in [0.3, 0.4) is 0 Å². The van der Waals surface area contributed by atoms with Crippen molar-refractivity contribution in [2.45, 2.75) is 13.2 Å². The Morgan fingerprint density at radius 3 is 2.31 bits per heavy atom. The quantitative estimate of drug-likeness (QED) is 0.353. The lowest BCUT2D eigenvalue weighted by molar-refractivity contribution is -0.123. The van der Waals surface area contributed by atoms with E-state index in [4.69, 9.17) is 27.9 Å². The lowest BCUT2D eigenvalue weighted by Gasteiger charge is -2.12. The maximum Gasteiger partial charge on any atom is 0.293 e. The molecule has 8 heteroatoms. The summed E-state index contributed by atoms with van der Waals surface area (Å²) in [5.74, 6) is -0.208. The molecule has 1 fully saturated rings. The van der Waals surface area contributed by atoms with Gasteiger partial charge in [0.05, 0.1) is 16.5 Å². The summed E-state index contributed by atoms with van der Waals surface area (Å²) in [6.45, 7) is 0.416. The standard InChI is InChI=1S/C24H16Cl2FNO3S/c25-18-6-1-15(2-7-18)13-28-23(29)22(32-24(28)30)12-17-5-10-21(20(26)11-17)31-14-16-3-8-19(27)9-4-16/h1-12H,13-14H2/b22-12-. The molecule has 0 unspecified atom stereocenters. The Morgan fingerprint density at radius 2 is 1.62 bits per heavy atom. The number of imide groups is 1. The van der Waals surface area contributed by atoms with E-state index in [2.05, 4.69) is 0 Å². The van der Waals surface area contributed by atoms with Crippen molar-refractivity contribution in [1.29, 1.82) is 0 Å². The van der Waals surface area contributed by atoms with Gasteiger partial charge in [0.1, 0.15) is 18.2 Å². The lowest BCUT2D eigenvalue weighted by atomic mass is 10.2. The summed E-state index contributed by atoms with van der Waals surface area (Å²) < 4.78 is 18.7. The molecule has 4 nitrogen and oxygen atoms in total. The van der Waals surface area contributed by atoms with Gasteiger partial charge in [-0.15, -0.1) is 0 Å². The fraction of sp³-hybridized carbons (Fsp3) is 0.0833. The third-order valence-electron chi connectivity index (χ3n) is 4.69. The van der Waals surface area contributed by atoms with E-state index in [1.165, 1.54) is 17.0 Å². The van der Waals surface area contributed by atoms with Gasteiger partial charge in [-0.1, -0.05) is 53.5 Å². The Labute approximate surface area is 198 Å². The van der Waals surface area contributed by atoms with Crippen LogP contribution in [0.25, 0.3) is 6.08 Å². The molecule has 4 rings (SSSR count). The van der Waals surface area contributed by atoms with Gasteiger partial charge in [-0.3, -0.25) is 14.5 Å². The number of carbonyl (C=O) groups is 2. The number of rotatable bonds is 6. The molecule has 3 aromatic carbocycles. The highest BCUT2D eigenvalue weighted by atomic mass is 35.5. The number of hydrogen-bond acceptors (Lipinski definition) is 4. The van der Waals surface area contributed by atoms with E-state index in [9.17, 15) is 14.0 Å². The van der Waals surface area contributed by atoms with Crippen molar-refractivity contribution in [3.05, 3.63) is 104 Å². The molecular formula is C24H16Cl2FNO3S. The molecule has 0 N–H and O–H groups in total. The first-order valence-corrected chi connectivity index (χ1v) is 11.1. The molecule has 1 aliphatic heterocycles. The first-order chi connectivity index (χ1) is 15.4. The minimum absolute atomic E-state index is 0.177. The number of ether oxygens (including phenoxy) is 1. The van der Waals surface area contributed by atoms with Crippen molar-refractivity contribution in [1.82, 2.24) is 4.90 Å². The second-order valence-corrected chi connectivity index (χ2v) is 8.84. The Kier molecular flexibility index (Phi) is 6.84. The topological polar surface area (TPSA) is 46.6 Å². The van der Waals surface area contributed by atoms with Crippen LogP contribution in [0.4, 0.5) is 9.18 Å². The molecule has 0 radical (unpaired) electrons. The highest BCUT2D eigenvalue weighted by Gasteiger charge is 2.35. The largest absolute Gasteiger partial charge is 0.487 e. The molecule has 0 saturated carbocycles. The maximum absolute atomic E-state index is 13.0. The zero-order valence-electron chi connectivity index (χ0n) is 16.6. The fourth-order valence-corrected chi connectivity index (χ4v) is 4.23. The smallest absolute Gasteiger partial charge is 0.293 e. The number of carbonyl (C=O) groups excluding carboxylic acids is 2. The Hall–Kier alpha value is -2.80. The molecule has 0 spiro atoms. The highest BCUT2D eigenvalue weighted by Crippen LogP contribution is 2.35. The SMILES string of the molecule is O=C1S/C(=C\c2ccc(OCc3ccc(F)cc3)c(Cl)c2)C(=O)N1Cc1ccc(Cl)cc1. The molecule has 3 aromatic rings. The van der Waals surface area contributed by atoms with Gasteiger partial charge in [0.25, 0.3) is 11.1 Å². The van der Waals surface area contributed by atoms with Gasteiger partial charge >= 0.3 is 0 Å². The monoisotopic (exact) mass is 487 g/mol. The number of hydrogen-bond donors (Lipinski definition) is 0. The number of thioether (sulfide) groups is 1. The van der Waals surface area contributed by atoms with Crippen molar-refractivity contribution >= 4 is 52.2 Å². The van der Waals surface area contributed by atoms with Crippen molar-refractivity contribution in [2.24, 2.45) is 0 Å². The average molecular weight is 488 g/mol. The number of halogens is 3. The van der Waals surface area contributed by atoms with Crippen molar-refractivity contribution in [2.75, 3.05) is 0 Å². The third kappa shape index (κ3) is 5.33. The lowest BCUT2D eigenvalue weighted by Crippen LogP contribution is -2.27. The summed E-state index contributed by atoms with van der Waals surface area (Å²) in [6, 6.07) is 18.1. The molecule has 0 aromatic heterocycles. The molecule has 0 bridgehead atoms. The van der Waals surface area contributed by atoms with Crippen LogP contribution in [0.15, 0.2) is 71.6 Å². The number of nitrogens with zero attached hydrogens (tertiary/aromatic N) is 1. The van der Waals surface area contributed by atoms with E-state index in [1.54, 1.807) is 60.7 Å². The Morgan fingerprint density at radius 1 is 0.938 bits per heavy atom. The number of benzene rings is 3. The van der Waals surface area contributed by atoms with E-state index in [1.807, 2.05) is 0 Å². The van der Waals surface area contributed by atoms with Crippen LogP contribution < -0.4 is 4.74 Å². The first kappa shape index (κ1) is 22.4. The molecule has 0 atom stereocenters. The highest BCUT2D eigenvalue weighted by molar-refractivity contribution is 8.18. The van der Waals surface area contributed by atoms with Crippen LogP contribution in [0.5, 0.6) is 5.75 Å². The van der Waals surface area contributed by atoms with Crippen LogP contribution in [0.1, 0.15) is 16.7 Å². The van der Waals surface area contributed by atoms with Gasteiger partial charge in [0.15, 0.2) is 0 Å². The van der Waals surface area contributed by atoms with Gasteiger partial charge in [-0.05, 0) is 70.9 Å². The van der Waals surface area contributed by atoms with E-state index in [0.29, 0.717) is 26.3 Å². The maximum atomic E-state index is 13.0. The molecule has 2 amide bonds. The van der Waals surface area contributed by atoms with Gasteiger partial charge in [-0.2, -0.15) is 0 Å². The second kappa shape index (κ2) is 9.77. The minimum atomic E-state index is -0.359. The minimum Gasteiger partial charge on any atom is -0.487 e. The summed E-state index contributed by atoms with van der Waals surface area (Å²) in [7, 11) is 0. The van der Waals surface area contributed by atoms with Gasteiger partial charge in [0.2, 0.25) is 0 Å². The van der Waals surface area contributed by atoms with Crippen LogP contribution >= 0.6 is 35.0 Å². The van der Waals surface area contributed by atoms with E-state index in [-0.39, 0.29) is 30.1 Å². The molecular weight excluding hydrogens is 472 g/mol. The molecule has 1 heterocycles. The van der Waals surface area contributed by atoms with Gasteiger partial charge in [0, 0.05) is 5.02 Å². The molecule has 0 aliphatic carbocycles. The first-order valence-electron chi connectivity index (χ1n) is 9.55. The van der Waals surface area contributed by atoms with E-state index >= 15 is 0 Å². The normalized spacial score (nSPS) is 15.0. The van der Waals surface area contributed by atoms with Crippen molar-refractivity contribution in [3.8, 4) is 5.75 Å². The summed E-state index contributed by atoms with van der Waals surface area (Å²) in [6.07, 6.45) is 1.63. The van der Waals surface area contributed by atoms with Crippen LogP contribution in [-0.2, 0) is 17.9 Å². The fourth-order valence-electron chi connectivity index (χ4n) is 3.03. The Bertz CT molecular complexity index is 1200. The predicted molar refractivity (Wildman–Crippen MR) is 125 cm³/mol. The molecule has 1 aliphatic rings. The second-order valence-electron chi connectivity index (χ2n) is 7.00. The van der Waals surface area contributed by atoms with Gasteiger partial charge in [-0.25, -0.2) is 4.39 Å². The summed E-state index contributed by atoms with van der Waals surface area (Å²) in [5.41, 5.74) is 2.28. The van der Waals surface area contributed by atoms with E-state index < -0.39 is 0 Å². The predicted octanol–water partition coefficient (Wildman–Crippen LogP) is 6.95. The van der Waals surface area contributed by atoms with Crippen molar-refractivity contribution in [3.63, 3.8) is 0 Å². The Balaban J connectivity index is 1.44. The zero-order chi connectivity index (χ0) is 22.7. The van der Waals surface area contributed by atoms with Crippen LogP contribution in [0.2, 0.25) is 10.0 Å². The summed E-state index contributed by atoms with van der Waals surface area (Å²) in [5, 5.41) is 0.618. The number of amides is 2. The van der Waals surface area contributed by atoms with Gasteiger partial charge < -0.3 is 4.74 Å². The summed E-state index contributed by atoms with van der Waals surface area (Å²) >= 11 is 13.1. The third-order valence-corrected chi connectivity index (χ3v) is 6.14. The summed E-state index contributed by atoms with van der Waals surface area (Å²) in [4.78, 5) is 26.6. The molecule has 1 saturated heterocycles. The van der Waals surface area contributed by atoms with E-state index in [0.717, 1.165) is 22.9 Å². The average Bonchev–Trinajstić information content (AvgIpc) is 3.03. The molecule has 32 heavy (non-hydrogen) atoms. The molecule has 162 valence electrons. The van der Waals surface area contributed by atoms with Crippen LogP contribution in [0, 0.1) is 5.82 Å². The zero-order valence-corrected chi connectivity index (χ0v) is 18.9.